The number of thiophene rings is 1. The van der Waals surface area contributed by atoms with Crippen LogP contribution in [0.5, 0.6) is 11.5 Å². The Labute approximate surface area is 131 Å². The molecule has 3 rings (SSSR count). The lowest BCUT2D eigenvalue weighted by molar-refractivity contribution is 0.171. The van der Waals surface area contributed by atoms with Gasteiger partial charge in [0, 0.05) is 21.3 Å². The van der Waals surface area contributed by atoms with Gasteiger partial charge >= 0.3 is 0 Å². The predicted molar refractivity (Wildman–Crippen MR) is 84.9 cm³/mol. The normalized spacial score (nSPS) is 13.4. The molecule has 0 bridgehead atoms. The molecule has 1 aliphatic rings. The molecular weight excluding hydrogens is 338 g/mol. The summed E-state index contributed by atoms with van der Waals surface area (Å²) < 4.78 is 12.3. The van der Waals surface area contributed by atoms with Gasteiger partial charge < -0.3 is 14.8 Å². The highest BCUT2D eigenvalue weighted by atomic mass is 79.9. The lowest BCUT2D eigenvalue weighted by Gasteiger charge is -2.18. The third kappa shape index (κ3) is 3.53. The van der Waals surface area contributed by atoms with E-state index in [1.54, 1.807) is 11.3 Å². The second kappa shape index (κ2) is 6.61. The van der Waals surface area contributed by atoms with Gasteiger partial charge in [0.1, 0.15) is 13.2 Å². The summed E-state index contributed by atoms with van der Waals surface area (Å²) in [6.45, 7) is 3.15. The zero-order valence-corrected chi connectivity index (χ0v) is 13.4. The zero-order chi connectivity index (χ0) is 13.8. The molecule has 0 saturated carbocycles. The van der Waals surface area contributed by atoms with E-state index in [1.807, 2.05) is 6.07 Å². The summed E-state index contributed by atoms with van der Waals surface area (Å²) in [4.78, 5) is 1.35. The van der Waals surface area contributed by atoms with Crippen molar-refractivity contribution in [3.05, 3.63) is 44.6 Å². The SMILES string of the molecule is Brc1csc(CNCCc2ccc3c(c2)OCCO3)c1. The van der Waals surface area contributed by atoms with Crippen LogP contribution in [0, 0.1) is 0 Å². The first-order valence-electron chi connectivity index (χ1n) is 6.63. The van der Waals surface area contributed by atoms with Crippen molar-refractivity contribution in [3.63, 3.8) is 0 Å². The molecule has 2 heterocycles. The average molecular weight is 354 g/mol. The molecule has 5 heteroatoms. The number of benzene rings is 1. The molecule has 0 saturated heterocycles. The van der Waals surface area contributed by atoms with Crippen molar-refractivity contribution in [3.8, 4) is 11.5 Å². The summed E-state index contributed by atoms with van der Waals surface area (Å²) in [5, 5.41) is 5.57. The minimum atomic E-state index is 0.641. The quantitative estimate of drug-likeness (QED) is 0.832. The molecule has 1 aliphatic heterocycles. The van der Waals surface area contributed by atoms with Crippen molar-refractivity contribution >= 4 is 27.3 Å². The van der Waals surface area contributed by atoms with Gasteiger partial charge in [-0.25, -0.2) is 0 Å². The number of fused-ring (bicyclic) bond motifs is 1. The number of rotatable bonds is 5. The first kappa shape index (κ1) is 13.9. The van der Waals surface area contributed by atoms with E-state index in [0.717, 1.165) is 35.5 Å². The van der Waals surface area contributed by atoms with Crippen molar-refractivity contribution in [2.24, 2.45) is 0 Å². The maximum absolute atomic E-state index is 5.59. The van der Waals surface area contributed by atoms with Gasteiger partial charge in [-0.05, 0) is 52.7 Å². The van der Waals surface area contributed by atoms with Gasteiger partial charge in [0.25, 0.3) is 0 Å². The fraction of sp³-hybridized carbons (Fsp3) is 0.333. The van der Waals surface area contributed by atoms with Crippen LogP contribution in [-0.2, 0) is 13.0 Å². The summed E-state index contributed by atoms with van der Waals surface area (Å²) in [6.07, 6.45) is 0.989. The number of hydrogen-bond acceptors (Lipinski definition) is 4. The van der Waals surface area contributed by atoms with Gasteiger partial charge in [-0.1, -0.05) is 6.07 Å². The van der Waals surface area contributed by atoms with Crippen LogP contribution in [0.4, 0.5) is 0 Å². The van der Waals surface area contributed by atoms with Crippen molar-refractivity contribution in [1.82, 2.24) is 5.32 Å². The summed E-state index contributed by atoms with van der Waals surface area (Å²) >= 11 is 5.24. The molecule has 1 aromatic carbocycles. The largest absolute Gasteiger partial charge is 0.486 e. The first-order valence-corrected chi connectivity index (χ1v) is 8.31. The summed E-state index contributed by atoms with van der Waals surface area (Å²) in [5.41, 5.74) is 1.27. The maximum Gasteiger partial charge on any atom is 0.161 e. The highest BCUT2D eigenvalue weighted by molar-refractivity contribution is 9.10. The Morgan fingerprint density at radius 3 is 2.80 bits per heavy atom. The predicted octanol–water partition coefficient (Wildman–Crippen LogP) is 3.61. The lowest BCUT2D eigenvalue weighted by atomic mass is 10.1. The molecule has 0 unspecified atom stereocenters. The Balaban J connectivity index is 1.48. The smallest absolute Gasteiger partial charge is 0.161 e. The van der Waals surface area contributed by atoms with Crippen LogP contribution >= 0.6 is 27.3 Å². The van der Waals surface area contributed by atoms with E-state index in [2.05, 4.69) is 44.8 Å². The van der Waals surface area contributed by atoms with Crippen LogP contribution in [0.3, 0.4) is 0 Å². The first-order chi connectivity index (χ1) is 9.81. The van der Waals surface area contributed by atoms with E-state index >= 15 is 0 Å². The van der Waals surface area contributed by atoms with Gasteiger partial charge in [0.2, 0.25) is 0 Å². The van der Waals surface area contributed by atoms with Crippen LogP contribution in [0.25, 0.3) is 0 Å². The van der Waals surface area contributed by atoms with E-state index in [-0.39, 0.29) is 0 Å². The second-order valence-electron chi connectivity index (χ2n) is 4.64. The number of hydrogen-bond donors (Lipinski definition) is 1. The third-order valence-corrected chi connectivity index (χ3v) is 4.82. The Bertz CT molecular complexity index is 585. The highest BCUT2D eigenvalue weighted by Gasteiger charge is 2.11. The second-order valence-corrected chi connectivity index (χ2v) is 6.55. The zero-order valence-electron chi connectivity index (χ0n) is 11.0. The van der Waals surface area contributed by atoms with Gasteiger partial charge in [0.15, 0.2) is 11.5 Å². The molecule has 0 aliphatic carbocycles. The maximum atomic E-state index is 5.59. The molecule has 0 radical (unpaired) electrons. The highest BCUT2D eigenvalue weighted by Crippen LogP contribution is 2.30. The molecule has 1 N–H and O–H groups in total. The Hall–Kier alpha value is -1.04. The van der Waals surface area contributed by atoms with E-state index in [4.69, 9.17) is 9.47 Å². The van der Waals surface area contributed by atoms with Crippen LogP contribution in [0.1, 0.15) is 10.4 Å². The minimum absolute atomic E-state index is 0.641. The van der Waals surface area contributed by atoms with Crippen LogP contribution in [0.15, 0.2) is 34.1 Å². The third-order valence-electron chi connectivity index (χ3n) is 3.12. The number of nitrogens with one attached hydrogen (secondary N) is 1. The molecule has 0 fully saturated rings. The van der Waals surface area contributed by atoms with E-state index < -0.39 is 0 Å². The lowest BCUT2D eigenvalue weighted by Crippen LogP contribution is -2.17. The standard InChI is InChI=1S/C15H16BrNO2S/c16-12-8-13(20-10-12)9-17-4-3-11-1-2-14-15(7-11)19-6-5-18-14/h1-2,7-8,10,17H,3-6,9H2. The molecule has 106 valence electrons. The fourth-order valence-corrected chi connectivity index (χ4v) is 3.55. The van der Waals surface area contributed by atoms with E-state index in [0.29, 0.717) is 13.2 Å². The Morgan fingerprint density at radius 1 is 1.15 bits per heavy atom. The Kier molecular flexibility index (Phi) is 4.60. The number of ether oxygens (including phenoxy) is 2. The molecule has 2 aromatic rings. The molecule has 0 amide bonds. The fourth-order valence-electron chi connectivity index (χ4n) is 2.13. The van der Waals surface area contributed by atoms with Gasteiger partial charge in [-0.15, -0.1) is 11.3 Å². The van der Waals surface area contributed by atoms with E-state index in [9.17, 15) is 0 Å². The molecule has 1 aromatic heterocycles. The van der Waals surface area contributed by atoms with Crippen molar-refractivity contribution in [2.45, 2.75) is 13.0 Å². The van der Waals surface area contributed by atoms with Gasteiger partial charge in [-0.3, -0.25) is 0 Å². The molecular formula is C15H16BrNO2S. The van der Waals surface area contributed by atoms with Gasteiger partial charge in [0.05, 0.1) is 0 Å². The monoisotopic (exact) mass is 353 g/mol. The molecule has 20 heavy (non-hydrogen) atoms. The van der Waals surface area contributed by atoms with Crippen molar-refractivity contribution < 1.29 is 9.47 Å². The van der Waals surface area contributed by atoms with Gasteiger partial charge in [-0.2, -0.15) is 0 Å². The summed E-state index contributed by atoms with van der Waals surface area (Å²) in [7, 11) is 0. The Morgan fingerprint density at radius 2 is 2.00 bits per heavy atom. The van der Waals surface area contributed by atoms with Crippen molar-refractivity contribution in [1.29, 1.82) is 0 Å². The van der Waals surface area contributed by atoms with Crippen molar-refractivity contribution in [2.75, 3.05) is 19.8 Å². The van der Waals surface area contributed by atoms with E-state index in [1.165, 1.54) is 10.4 Å². The van der Waals surface area contributed by atoms with Crippen LogP contribution < -0.4 is 14.8 Å². The topological polar surface area (TPSA) is 30.5 Å². The number of halogens is 1. The summed E-state index contributed by atoms with van der Waals surface area (Å²) in [6, 6.07) is 8.34. The minimum Gasteiger partial charge on any atom is -0.486 e. The molecule has 3 nitrogen and oxygen atoms in total. The van der Waals surface area contributed by atoms with Crippen LogP contribution in [0.2, 0.25) is 0 Å². The molecule has 0 atom stereocenters. The average Bonchev–Trinajstić information content (AvgIpc) is 2.89. The van der Waals surface area contributed by atoms with Crippen LogP contribution in [-0.4, -0.2) is 19.8 Å². The molecule has 0 spiro atoms. The summed E-state index contributed by atoms with van der Waals surface area (Å²) in [5.74, 6) is 1.73.